The molecule has 4 rings (SSSR count). The zero-order valence-electron chi connectivity index (χ0n) is 13.1. The summed E-state index contributed by atoms with van der Waals surface area (Å²) in [5, 5.41) is 13.1. The van der Waals surface area contributed by atoms with Crippen LogP contribution in [-0.4, -0.2) is 15.5 Å². The molecule has 0 bridgehead atoms. The molecule has 5 heteroatoms. The molecule has 3 aromatic rings. The lowest BCUT2D eigenvalue weighted by molar-refractivity contribution is -0.116. The van der Waals surface area contributed by atoms with Crippen molar-refractivity contribution >= 4 is 22.5 Å². The lowest BCUT2D eigenvalue weighted by Crippen LogP contribution is -2.16. The van der Waals surface area contributed by atoms with E-state index in [1.807, 2.05) is 42.6 Å². The van der Waals surface area contributed by atoms with Crippen LogP contribution < -0.4 is 5.32 Å². The molecule has 0 unspecified atom stereocenters. The molecular weight excluding hydrogens is 300 g/mol. The summed E-state index contributed by atoms with van der Waals surface area (Å²) in [6, 6.07) is 14.0. The summed E-state index contributed by atoms with van der Waals surface area (Å²) in [5.74, 6) is -0.0989. The summed E-state index contributed by atoms with van der Waals surface area (Å²) in [6.07, 6.45) is 7.39. The van der Waals surface area contributed by atoms with E-state index in [2.05, 4.69) is 20.9 Å². The fourth-order valence-corrected chi connectivity index (χ4v) is 2.99. The van der Waals surface area contributed by atoms with Crippen LogP contribution in [0.5, 0.6) is 0 Å². The summed E-state index contributed by atoms with van der Waals surface area (Å²) >= 11 is 0. The van der Waals surface area contributed by atoms with Crippen LogP contribution in [0.25, 0.3) is 16.6 Å². The zero-order chi connectivity index (χ0) is 16.6. The van der Waals surface area contributed by atoms with Gasteiger partial charge in [-0.2, -0.15) is 5.26 Å². The van der Waals surface area contributed by atoms with Gasteiger partial charge in [-0.1, -0.05) is 6.07 Å². The van der Waals surface area contributed by atoms with Crippen molar-refractivity contribution in [1.29, 1.82) is 5.26 Å². The van der Waals surface area contributed by atoms with Gasteiger partial charge in [-0.25, -0.2) is 0 Å². The lowest BCUT2D eigenvalue weighted by Gasteiger charge is -2.10. The van der Waals surface area contributed by atoms with Gasteiger partial charge in [0.25, 0.3) is 0 Å². The fraction of sp³-hybridized carbons (Fsp3) is 0.211. The molecule has 2 heterocycles. The minimum absolute atomic E-state index is 0.0989. The predicted octanol–water partition coefficient (Wildman–Crippen LogP) is 3.66. The molecule has 0 radical (unpaired) electrons. The number of benzene rings is 1. The van der Waals surface area contributed by atoms with Crippen molar-refractivity contribution in [1.82, 2.24) is 9.55 Å². The number of anilines is 1. The zero-order valence-corrected chi connectivity index (χ0v) is 13.1. The minimum atomic E-state index is -0.430. The maximum absolute atomic E-state index is 12.3. The van der Waals surface area contributed by atoms with Crippen LogP contribution >= 0.6 is 0 Å². The summed E-state index contributed by atoms with van der Waals surface area (Å²) in [6.45, 7) is 0. The molecule has 1 N–H and O–H groups in total. The number of rotatable bonds is 4. The predicted molar refractivity (Wildman–Crippen MR) is 91.6 cm³/mol. The van der Waals surface area contributed by atoms with Crippen molar-refractivity contribution in [3.8, 4) is 11.8 Å². The quantitative estimate of drug-likeness (QED) is 0.798. The Morgan fingerprint density at radius 2 is 2.04 bits per heavy atom. The Morgan fingerprint density at radius 1 is 1.25 bits per heavy atom. The molecule has 1 aliphatic carbocycles. The van der Waals surface area contributed by atoms with E-state index < -0.39 is 5.41 Å². The number of pyridine rings is 1. The van der Waals surface area contributed by atoms with Gasteiger partial charge >= 0.3 is 0 Å². The maximum Gasteiger partial charge on any atom is 0.225 e. The minimum Gasteiger partial charge on any atom is -0.325 e. The van der Waals surface area contributed by atoms with Crippen molar-refractivity contribution in [3.05, 3.63) is 55.0 Å². The van der Waals surface area contributed by atoms with Crippen LogP contribution in [0.1, 0.15) is 19.3 Å². The van der Waals surface area contributed by atoms with Crippen molar-refractivity contribution in [2.45, 2.75) is 19.3 Å². The van der Waals surface area contributed by atoms with E-state index >= 15 is 0 Å². The first-order chi connectivity index (χ1) is 11.7. The van der Waals surface area contributed by atoms with Crippen LogP contribution in [0.2, 0.25) is 0 Å². The monoisotopic (exact) mass is 316 g/mol. The Morgan fingerprint density at radius 3 is 2.75 bits per heavy atom. The van der Waals surface area contributed by atoms with Crippen LogP contribution in [-0.2, 0) is 4.79 Å². The van der Waals surface area contributed by atoms with Crippen LogP contribution in [0.15, 0.2) is 55.0 Å². The third kappa shape index (κ3) is 2.52. The topological polar surface area (TPSA) is 70.7 Å². The smallest absolute Gasteiger partial charge is 0.225 e. The van der Waals surface area contributed by atoms with Crippen molar-refractivity contribution < 1.29 is 4.79 Å². The number of hydrogen-bond acceptors (Lipinski definition) is 3. The Kier molecular flexibility index (Phi) is 3.31. The van der Waals surface area contributed by atoms with E-state index in [-0.39, 0.29) is 12.3 Å². The highest BCUT2D eigenvalue weighted by atomic mass is 16.1. The molecule has 0 atom stereocenters. The highest BCUT2D eigenvalue weighted by Crippen LogP contribution is 2.48. The molecule has 118 valence electrons. The number of carbonyl (C=O) groups is 1. The summed E-state index contributed by atoms with van der Waals surface area (Å²) in [4.78, 5) is 16.3. The number of hydrogen-bond donors (Lipinski definition) is 1. The molecule has 1 saturated carbocycles. The molecule has 1 amide bonds. The molecule has 1 fully saturated rings. The molecule has 24 heavy (non-hydrogen) atoms. The first-order valence-corrected chi connectivity index (χ1v) is 7.92. The highest BCUT2D eigenvalue weighted by Gasteiger charge is 2.44. The molecule has 0 spiro atoms. The number of nitrogens with zero attached hydrogens (tertiary/aromatic N) is 3. The molecule has 5 nitrogen and oxygen atoms in total. The molecule has 1 aliphatic rings. The van der Waals surface area contributed by atoms with Crippen LogP contribution in [0, 0.1) is 16.7 Å². The van der Waals surface area contributed by atoms with Gasteiger partial charge in [-0.05, 0) is 43.2 Å². The summed E-state index contributed by atoms with van der Waals surface area (Å²) in [7, 11) is 0. The second kappa shape index (κ2) is 5.50. The molecule has 2 aromatic heterocycles. The number of nitrogens with one attached hydrogen (secondary N) is 1. The van der Waals surface area contributed by atoms with Crippen molar-refractivity contribution in [2.24, 2.45) is 5.41 Å². The van der Waals surface area contributed by atoms with Gasteiger partial charge in [-0.3, -0.25) is 9.78 Å². The Labute approximate surface area is 139 Å². The first kappa shape index (κ1) is 14.5. The molecule has 0 saturated heterocycles. The summed E-state index contributed by atoms with van der Waals surface area (Å²) < 4.78 is 2.06. The maximum atomic E-state index is 12.3. The van der Waals surface area contributed by atoms with Crippen LogP contribution in [0.3, 0.4) is 0 Å². The van der Waals surface area contributed by atoms with E-state index in [1.54, 1.807) is 12.4 Å². The van der Waals surface area contributed by atoms with Gasteiger partial charge in [0.1, 0.15) is 0 Å². The second-order valence-electron chi connectivity index (χ2n) is 6.25. The van der Waals surface area contributed by atoms with Crippen molar-refractivity contribution in [2.75, 3.05) is 5.32 Å². The largest absolute Gasteiger partial charge is 0.325 e. The van der Waals surface area contributed by atoms with Gasteiger partial charge in [0.05, 0.1) is 22.7 Å². The SMILES string of the molecule is N#CC1(CC(=O)Nc2cccc3c2ccn3-c2ccncc2)CC1. The number of carbonyl (C=O) groups excluding carboxylic acids is 1. The van der Waals surface area contributed by atoms with Crippen LogP contribution in [0.4, 0.5) is 5.69 Å². The van der Waals surface area contributed by atoms with Gasteiger partial charge in [0, 0.05) is 36.1 Å². The number of fused-ring (bicyclic) bond motifs is 1. The standard InChI is InChI=1S/C19H16N4O/c20-13-19(7-8-19)12-18(24)22-16-2-1-3-17-15(16)6-11-23(17)14-4-9-21-10-5-14/h1-6,9-11H,7-8,12H2,(H,22,24). The molecule has 1 aromatic carbocycles. The Bertz CT molecular complexity index is 948. The van der Waals surface area contributed by atoms with Gasteiger partial charge < -0.3 is 9.88 Å². The van der Waals surface area contributed by atoms with Crippen molar-refractivity contribution in [3.63, 3.8) is 0 Å². The van der Waals surface area contributed by atoms with E-state index in [0.29, 0.717) is 0 Å². The lowest BCUT2D eigenvalue weighted by atomic mass is 10.0. The number of amides is 1. The van der Waals surface area contributed by atoms with E-state index in [9.17, 15) is 4.79 Å². The Hall–Kier alpha value is -3.13. The molecule has 0 aliphatic heterocycles. The van der Waals surface area contributed by atoms with Gasteiger partial charge in [0.15, 0.2) is 0 Å². The second-order valence-corrected chi connectivity index (χ2v) is 6.25. The highest BCUT2D eigenvalue weighted by molar-refractivity contribution is 6.02. The van der Waals surface area contributed by atoms with E-state index in [4.69, 9.17) is 5.26 Å². The normalized spacial score (nSPS) is 15.0. The average molecular weight is 316 g/mol. The fourth-order valence-electron chi connectivity index (χ4n) is 2.99. The summed E-state index contributed by atoms with van der Waals surface area (Å²) in [5.41, 5.74) is 2.38. The number of aromatic nitrogens is 2. The first-order valence-electron chi connectivity index (χ1n) is 7.92. The van der Waals surface area contributed by atoms with Gasteiger partial charge in [0.2, 0.25) is 5.91 Å². The Balaban J connectivity index is 1.64. The van der Waals surface area contributed by atoms with E-state index in [1.165, 1.54) is 0 Å². The molecular formula is C19H16N4O. The third-order valence-corrected chi connectivity index (χ3v) is 4.54. The average Bonchev–Trinajstić information content (AvgIpc) is 3.24. The third-order valence-electron chi connectivity index (χ3n) is 4.54. The van der Waals surface area contributed by atoms with Gasteiger partial charge in [-0.15, -0.1) is 0 Å². The van der Waals surface area contributed by atoms with E-state index in [0.717, 1.165) is 35.1 Å². The number of nitriles is 1.